The number of fused-ring (bicyclic) bond motifs is 1. The first-order valence-corrected chi connectivity index (χ1v) is 6.09. The lowest BCUT2D eigenvalue weighted by atomic mass is 10.0. The van der Waals surface area contributed by atoms with E-state index in [2.05, 4.69) is 23.9 Å². The zero-order valence-corrected chi connectivity index (χ0v) is 9.99. The van der Waals surface area contributed by atoms with Gasteiger partial charge in [0.1, 0.15) is 5.75 Å². The molecule has 0 radical (unpaired) electrons. The van der Waals surface area contributed by atoms with Crippen LogP contribution in [0.1, 0.15) is 35.7 Å². The van der Waals surface area contributed by atoms with Crippen molar-refractivity contribution >= 4 is 0 Å². The maximum Gasteiger partial charge on any atom is 0.130 e. The molecular formula is C13H18N2O. The Kier molecular flexibility index (Phi) is 2.36. The minimum absolute atomic E-state index is 0.514. The minimum Gasteiger partial charge on any atom is -0.492 e. The predicted octanol–water partition coefficient (Wildman–Crippen LogP) is 2.09. The molecule has 2 aliphatic rings. The number of aromatic nitrogens is 1. The number of hydrogen-bond acceptors (Lipinski definition) is 3. The molecular weight excluding hydrogens is 200 g/mol. The highest BCUT2D eigenvalue weighted by Gasteiger charge is 2.29. The van der Waals surface area contributed by atoms with E-state index in [1.54, 1.807) is 0 Å². The summed E-state index contributed by atoms with van der Waals surface area (Å²) in [5, 5.41) is 0. The summed E-state index contributed by atoms with van der Waals surface area (Å²) in [4.78, 5) is 6.93. The van der Waals surface area contributed by atoms with E-state index >= 15 is 0 Å². The van der Waals surface area contributed by atoms with Gasteiger partial charge in [0.25, 0.3) is 0 Å². The summed E-state index contributed by atoms with van der Waals surface area (Å²) in [6.45, 7) is 4.09. The first kappa shape index (κ1) is 10.1. The van der Waals surface area contributed by atoms with Gasteiger partial charge in [0.2, 0.25) is 0 Å². The van der Waals surface area contributed by atoms with Crippen molar-refractivity contribution in [2.75, 3.05) is 20.2 Å². The monoisotopic (exact) mass is 218 g/mol. The number of rotatable bonds is 1. The van der Waals surface area contributed by atoms with Crippen molar-refractivity contribution in [3.8, 4) is 5.75 Å². The van der Waals surface area contributed by atoms with Gasteiger partial charge in [0, 0.05) is 35.5 Å². The summed E-state index contributed by atoms with van der Waals surface area (Å²) in [5.41, 5.74) is 3.77. The van der Waals surface area contributed by atoms with Crippen molar-refractivity contribution in [1.82, 2.24) is 9.88 Å². The highest BCUT2D eigenvalue weighted by Crippen LogP contribution is 2.40. The second kappa shape index (κ2) is 3.74. The van der Waals surface area contributed by atoms with Crippen molar-refractivity contribution in [3.05, 3.63) is 23.0 Å². The Morgan fingerprint density at radius 2 is 2.38 bits per heavy atom. The molecule has 1 saturated heterocycles. The Labute approximate surface area is 96.4 Å². The molecule has 86 valence electrons. The zero-order chi connectivity index (χ0) is 11.1. The molecule has 0 unspecified atom stereocenters. The molecule has 2 aliphatic heterocycles. The number of likely N-dealkylation sites (tertiary alicyclic amines) is 1. The van der Waals surface area contributed by atoms with Crippen LogP contribution in [0.3, 0.4) is 0 Å². The van der Waals surface area contributed by atoms with Gasteiger partial charge in [-0.2, -0.15) is 0 Å². The van der Waals surface area contributed by atoms with Crippen LogP contribution >= 0.6 is 0 Å². The van der Waals surface area contributed by atoms with Crippen LogP contribution in [0.2, 0.25) is 0 Å². The lowest BCUT2D eigenvalue weighted by Crippen LogP contribution is -2.18. The molecule has 0 bridgehead atoms. The van der Waals surface area contributed by atoms with E-state index in [9.17, 15) is 0 Å². The van der Waals surface area contributed by atoms with Gasteiger partial charge in [-0.1, -0.05) is 0 Å². The van der Waals surface area contributed by atoms with Crippen LogP contribution in [0, 0.1) is 6.92 Å². The molecule has 0 N–H and O–H groups in total. The number of ether oxygens (including phenoxy) is 1. The van der Waals surface area contributed by atoms with Crippen molar-refractivity contribution in [2.45, 2.75) is 32.2 Å². The van der Waals surface area contributed by atoms with Crippen LogP contribution in [-0.2, 0) is 6.42 Å². The number of nitrogens with zero attached hydrogens (tertiary/aromatic N) is 2. The predicted molar refractivity (Wildman–Crippen MR) is 62.8 cm³/mol. The number of aryl methyl sites for hydroxylation is 1. The molecule has 0 aliphatic carbocycles. The molecule has 3 nitrogen and oxygen atoms in total. The molecule has 0 saturated carbocycles. The Morgan fingerprint density at radius 3 is 3.12 bits per heavy atom. The normalized spacial score (nSPS) is 24.5. The quantitative estimate of drug-likeness (QED) is 0.721. The van der Waals surface area contributed by atoms with E-state index in [4.69, 9.17) is 4.74 Å². The molecule has 0 aromatic carbocycles. The van der Waals surface area contributed by atoms with Crippen molar-refractivity contribution in [1.29, 1.82) is 0 Å². The van der Waals surface area contributed by atoms with E-state index in [0.29, 0.717) is 6.04 Å². The van der Waals surface area contributed by atoms with E-state index in [-0.39, 0.29) is 0 Å². The van der Waals surface area contributed by atoms with Gasteiger partial charge in [-0.3, -0.25) is 9.88 Å². The molecule has 3 heterocycles. The fourth-order valence-corrected chi connectivity index (χ4v) is 2.90. The topological polar surface area (TPSA) is 25.4 Å². The highest BCUT2D eigenvalue weighted by molar-refractivity contribution is 5.46. The summed E-state index contributed by atoms with van der Waals surface area (Å²) < 4.78 is 5.80. The molecule has 1 atom stereocenters. The molecule has 1 aromatic rings. The maximum absolute atomic E-state index is 5.80. The van der Waals surface area contributed by atoms with E-state index in [0.717, 1.165) is 24.5 Å². The van der Waals surface area contributed by atoms with Crippen LogP contribution in [0.5, 0.6) is 5.75 Å². The molecule has 3 heteroatoms. The fourth-order valence-electron chi connectivity index (χ4n) is 2.90. The largest absolute Gasteiger partial charge is 0.492 e. The second-order valence-electron chi connectivity index (χ2n) is 4.84. The molecule has 3 rings (SSSR count). The van der Waals surface area contributed by atoms with Crippen molar-refractivity contribution < 1.29 is 4.74 Å². The third kappa shape index (κ3) is 1.42. The average molecular weight is 218 g/mol. The van der Waals surface area contributed by atoms with Gasteiger partial charge >= 0.3 is 0 Å². The van der Waals surface area contributed by atoms with Crippen LogP contribution in [0.4, 0.5) is 0 Å². The minimum atomic E-state index is 0.514. The average Bonchev–Trinajstić information content (AvgIpc) is 2.88. The molecule has 1 aromatic heterocycles. The summed E-state index contributed by atoms with van der Waals surface area (Å²) >= 11 is 0. The lowest BCUT2D eigenvalue weighted by molar-refractivity contribution is 0.298. The Morgan fingerprint density at radius 1 is 1.50 bits per heavy atom. The number of pyridine rings is 1. The van der Waals surface area contributed by atoms with Crippen LogP contribution < -0.4 is 4.74 Å². The van der Waals surface area contributed by atoms with Gasteiger partial charge < -0.3 is 4.74 Å². The summed E-state index contributed by atoms with van der Waals surface area (Å²) in [7, 11) is 2.19. The standard InChI is InChI=1S/C13H18N2O/c1-9-10-5-7-16-13(10)11(8-14-9)12-4-3-6-15(12)2/h8,12H,3-7H2,1-2H3/t12-/m0/s1. The van der Waals surface area contributed by atoms with Gasteiger partial charge in [-0.05, 0) is 33.4 Å². The second-order valence-corrected chi connectivity index (χ2v) is 4.84. The van der Waals surface area contributed by atoms with Gasteiger partial charge in [0.15, 0.2) is 0 Å². The van der Waals surface area contributed by atoms with Gasteiger partial charge in [-0.15, -0.1) is 0 Å². The SMILES string of the molecule is Cc1ncc([C@@H]2CCCN2C)c2c1CCO2. The molecule has 16 heavy (non-hydrogen) atoms. The summed E-state index contributed by atoms with van der Waals surface area (Å²) in [6, 6.07) is 0.514. The number of hydrogen-bond donors (Lipinski definition) is 0. The highest BCUT2D eigenvalue weighted by atomic mass is 16.5. The molecule has 1 fully saturated rings. The van der Waals surface area contributed by atoms with Gasteiger partial charge in [0.05, 0.1) is 6.61 Å². The lowest BCUT2D eigenvalue weighted by Gasteiger charge is -2.21. The molecule has 0 amide bonds. The van der Waals surface area contributed by atoms with Crippen molar-refractivity contribution in [3.63, 3.8) is 0 Å². The fraction of sp³-hybridized carbons (Fsp3) is 0.615. The molecule has 0 spiro atoms. The van der Waals surface area contributed by atoms with Gasteiger partial charge in [-0.25, -0.2) is 0 Å². The van der Waals surface area contributed by atoms with E-state index in [1.165, 1.54) is 30.5 Å². The third-order valence-corrected chi connectivity index (χ3v) is 3.85. The zero-order valence-electron chi connectivity index (χ0n) is 9.99. The Hall–Kier alpha value is -1.09. The first-order chi connectivity index (χ1) is 7.77. The van der Waals surface area contributed by atoms with Crippen LogP contribution in [-0.4, -0.2) is 30.1 Å². The maximum atomic E-state index is 5.80. The smallest absolute Gasteiger partial charge is 0.130 e. The van der Waals surface area contributed by atoms with E-state index in [1.807, 2.05) is 6.20 Å². The van der Waals surface area contributed by atoms with Crippen molar-refractivity contribution in [2.24, 2.45) is 0 Å². The summed E-state index contributed by atoms with van der Waals surface area (Å²) in [5.74, 6) is 1.13. The Balaban J connectivity index is 2.05. The summed E-state index contributed by atoms with van der Waals surface area (Å²) in [6.07, 6.45) is 5.56. The van der Waals surface area contributed by atoms with Crippen LogP contribution in [0.15, 0.2) is 6.20 Å². The third-order valence-electron chi connectivity index (χ3n) is 3.85. The van der Waals surface area contributed by atoms with E-state index < -0.39 is 0 Å². The van der Waals surface area contributed by atoms with Crippen LogP contribution in [0.25, 0.3) is 0 Å². The first-order valence-electron chi connectivity index (χ1n) is 6.09. The Bertz CT molecular complexity index is 417.